The predicted molar refractivity (Wildman–Crippen MR) is 74.3 cm³/mol. The molecule has 0 radical (unpaired) electrons. The molecule has 0 unspecified atom stereocenters. The van der Waals surface area contributed by atoms with Gasteiger partial charge in [0.15, 0.2) is 12.1 Å². The van der Waals surface area contributed by atoms with E-state index in [2.05, 4.69) is 8.75 Å². The van der Waals surface area contributed by atoms with Crippen LogP contribution in [0.1, 0.15) is 20.8 Å². The monoisotopic (exact) mass is 327 g/mol. The average molecular weight is 327 g/mol. The van der Waals surface area contributed by atoms with Gasteiger partial charge in [0.2, 0.25) is 5.69 Å². The number of carboxylic acids is 1. The van der Waals surface area contributed by atoms with Crippen LogP contribution in [0.25, 0.3) is 0 Å². The van der Waals surface area contributed by atoms with Gasteiger partial charge < -0.3 is 5.11 Å². The van der Waals surface area contributed by atoms with Gasteiger partial charge in [-0.1, -0.05) is 18.2 Å². The van der Waals surface area contributed by atoms with E-state index in [9.17, 15) is 18.0 Å². The molecule has 110 valence electrons. The van der Waals surface area contributed by atoms with Gasteiger partial charge in [0.25, 0.3) is 10.0 Å². The molecule has 0 fully saturated rings. The molecule has 2 aromatic rings. The molecule has 0 amide bonds. The van der Waals surface area contributed by atoms with Crippen LogP contribution in [-0.4, -0.2) is 41.6 Å². The number of nitrogens with zero attached hydrogens (tertiary/aromatic N) is 3. The normalized spacial score (nSPS) is 11.1. The van der Waals surface area contributed by atoms with E-state index in [0.29, 0.717) is 22.3 Å². The second kappa shape index (κ2) is 5.58. The van der Waals surface area contributed by atoms with Crippen LogP contribution in [0.4, 0.5) is 5.82 Å². The van der Waals surface area contributed by atoms with Crippen LogP contribution < -0.4 is 4.31 Å². The summed E-state index contributed by atoms with van der Waals surface area (Å²) in [6.45, 7) is 0. The highest BCUT2D eigenvalue weighted by atomic mass is 32.2. The van der Waals surface area contributed by atoms with Crippen LogP contribution in [0.3, 0.4) is 0 Å². The van der Waals surface area contributed by atoms with Crippen molar-refractivity contribution in [2.24, 2.45) is 0 Å². The van der Waals surface area contributed by atoms with Crippen molar-refractivity contribution in [3.05, 3.63) is 35.5 Å². The molecule has 0 saturated carbocycles. The number of hydrogen-bond donors (Lipinski definition) is 1. The number of hydrogen-bond acceptors (Lipinski definition) is 7. The zero-order valence-corrected chi connectivity index (χ0v) is 12.3. The Morgan fingerprint density at radius 2 is 2.00 bits per heavy atom. The van der Waals surface area contributed by atoms with E-state index in [1.54, 1.807) is 0 Å². The highest BCUT2D eigenvalue weighted by molar-refractivity contribution is 7.92. The van der Waals surface area contributed by atoms with Crippen LogP contribution in [0.15, 0.2) is 29.2 Å². The SMILES string of the molecule is CN(c1nsnc1C(=O)O)S(=O)(=O)c1ccccc1C=O. The van der Waals surface area contributed by atoms with Gasteiger partial charge in [0.1, 0.15) is 0 Å². The third-order valence-electron chi connectivity index (χ3n) is 2.66. The lowest BCUT2D eigenvalue weighted by Crippen LogP contribution is -2.29. The predicted octanol–water partition coefficient (Wildman–Crippen LogP) is 0.874. The molecule has 0 aliphatic carbocycles. The van der Waals surface area contributed by atoms with Crippen molar-refractivity contribution in [1.29, 1.82) is 0 Å². The summed E-state index contributed by atoms with van der Waals surface area (Å²) >= 11 is 0.588. The molecular weight excluding hydrogens is 318 g/mol. The maximum Gasteiger partial charge on any atom is 0.359 e. The molecule has 2 rings (SSSR count). The number of aldehydes is 1. The lowest BCUT2D eigenvalue weighted by atomic mass is 10.2. The fourth-order valence-corrected chi connectivity index (χ4v) is 3.53. The van der Waals surface area contributed by atoms with Crippen molar-refractivity contribution in [1.82, 2.24) is 8.75 Å². The van der Waals surface area contributed by atoms with Gasteiger partial charge in [-0.05, 0) is 6.07 Å². The minimum Gasteiger partial charge on any atom is -0.476 e. The van der Waals surface area contributed by atoms with Crippen LogP contribution in [0, 0.1) is 0 Å². The van der Waals surface area contributed by atoms with E-state index in [4.69, 9.17) is 5.11 Å². The molecule has 0 aliphatic heterocycles. The summed E-state index contributed by atoms with van der Waals surface area (Å²) in [5, 5.41) is 8.97. The van der Waals surface area contributed by atoms with Gasteiger partial charge in [0, 0.05) is 12.6 Å². The summed E-state index contributed by atoms with van der Waals surface area (Å²) < 4.78 is 32.9. The van der Waals surface area contributed by atoms with E-state index < -0.39 is 21.7 Å². The molecule has 1 aromatic heterocycles. The van der Waals surface area contributed by atoms with Gasteiger partial charge >= 0.3 is 5.97 Å². The number of carbonyl (C=O) groups is 2. The maximum atomic E-state index is 12.5. The summed E-state index contributed by atoms with van der Waals surface area (Å²) in [5.74, 6) is -1.68. The van der Waals surface area contributed by atoms with E-state index in [1.165, 1.54) is 24.3 Å². The van der Waals surface area contributed by atoms with Crippen LogP contribution >= 0.6 is 11.7 Å². The quantitative estimate of drug-likeness (QED) is 0.810. The Labute approximate surface area is 124 Å². The topological polar surface area (TPSA) is 118 Å². The Kier molecular flexibility index (Phi) is 4.00. The Morgan fingerprint density at radius 3 is 2.62 bits per heavy atom. The summed E-state index contributed by atoms with van der Waals surface area (Å²) in [4.78, 5) is 21.7. The summed E-state index contributed by atoms with van der Waals surface area (Å²) in [6.07, 6.45) is 0.415. The van der Waals surface area contributed by atoms with Crippen molar-refractivity contribution in [3.8, 4) is 0 Å². The minimum absolute atomic E-state index is 0.0237. The molecule has 0 atom stereocenters. The largest absolute Gasteiger partial charge is 0.476 e. The molecule has 0 spiro atoms. The maximum absolute atomic E-state index is 12.5. The third kappa shape index (κ3) is 2.62. The standard InChI is InChI=1S/C11H9N3O5S2/c1-14(10-9(11(16)17)12-20-13-10)21(18,19)8-5-3-2-4-7(8)6-15/h2-6H,1H3,(H,16,17). The first-order valence-electron chi connectivity index (χ1n) is 5.48. The number of anilines is 1. The first-order chi connectivity index (χ1) is 9.89. The molecule has 21 heavy (non-hydrogen) atoms. The van der Waals surface area contributed by atoms with Crippen molar-refractivity contribution in [2.45, 2.75) is 4.90 Å². The molecule has 1 aromatic carbocycles. The lowest BCUT2D eigenvalue weighted by Gasteiger charge is -2.17. The summed E-state index contributed by atoms with van der Waals surface area (Å²) in [7, 11) is -2.96. The number of rotatable bonds is 5. The van der Waals surface area contributed by atoms with Gasteiger partial charge in [-0.25, -0.2) is 17.5 Å². The van der Waals surface area contributed by atoms with Crippen molar-refractivity contribution < 1.29 is 23.1 Å². The minimum atomic E-state index is -4.12. The second-order valence-corrected chi connectivity index (χ2v) is 6.34. The number of aromatic carboxylic acids is 1. The van der Waals surface area contributed by atoms with Gasteiger partial charge in [-0.2, -0.15) is 8.75 Å². The molecule has 8 nitrogen and oxygen atoms in total. The zero-order chi connectivity index (χ0) is 15.6. The number of aromatic nitrogens is 2. The molecular formula is C11H9N3O5S2. The van der Waals surface area contributed by atoms with E-state index in [0.717, 1.165) is 7.05 Å². The first kappa shape index (κ1) is 15.1. The fraction of sp³-hybridized carbons (Fsp3) is 0.0909. The zero-order valence-electron chi connectivity index (χ0n) is 10.6. The van der Waals surface area contributed by atoms with E-state index in [-0.39, 0.29) is 16.3 Å². The van der Waals surface area contributed by atoms with Gasteiger partial charge in [-0.15, -0.1) is 0 Å². The number of carboxylic acid groups (broad SMARTS) is 1. The van der Waals surface area contributed by atoms with E-state index >= 15 is 0 Å². The first-order valence-corrected chi connectivity index (χ1v) is 7.65. The average Bonchev–Trinajstić information content (AvgIpc) is 2.95. The molecule has 10 heteroatoms. The molecule has 0 bridgehead atoms. The molecule has 1 heterocycles. The smallest absolute Gasteiger partial charge is 0.359 e. The summed E-state index contributed by atoms with van der Waals surface area (Å²) in [6, 6.07) is 5.60. The van der Waals surface area contributed by atoms with Crippen molar-refractivity contribution in [3.63, 3.8) is 0 Å². The third-order valence-corrected chi connectivity index (χ3v) is 5.00. The Hall–Kier alpha value is -2.33. The number of carbonyl (C=O) groups excluding carboxylic acids is 1. The van der Waals surface area contributed by atoms with Crippen molar-refractivity contribution in [2.75, 3.05) is 11.4 Å². The van der Waals surface area contributed by atoms with Crippen molar-refractivity contribution >= 4 is 39.8 Å². The Balaban J connectivity index is 2.56. The highest BCUT2D eigenvalue weighted by Crippen LogP contribution is 2.25. The number of benzene rings is 1. The van der Waals surface area contributed by atoms with Crippen LogP contribution in [0.5, 0.6) is 0 Å². The summed E-state index contributed by atoms with van der Waals surface area (Å²) in [5.41, 5.74) is -0.487. The van der Waals surface area contributed by atoms with Gasteiger partial charge in [-0.3, -0.25) is 4.79 Å². The molecule has 0 aliphatic rings. The Morgan fingerprint density at radius 1 is 1.33 bits per heavy atom. The fourth-order valence-electron chi connectivity index (χ4n) is 1.60. The Bertz CT molecular complexity index is 800. The highest BCUT2D eigenvalue weighted by Gasteiger charge is 2.29. The van der Waals surface area contributed by atoms with Gasteiger partial charge in [0.05, 0.1) is 16.6 Å². The second-order valence-electron chi connectivity index (χ2n) is 3.87. The molecule has 1 N–H and O–H groups in total. The molecule has 0 saturated heterocycles. The van der Waals surface area contributed by atoms with Crippen LogP contribution in [0.2, 0.25) is 0 Å². The van der Waals surface area contributed by atoms with Crippen LogP contribution in [-0.2, 0) is 10.0 Å². The lowest BCUT2D eigenvalue weighted by molar-refractivity contribution is 0.0692. The van der Waals surface area contributed by atoms with E-state index in [1.807, 2.05) is 0 Å². The number of sulfonamides is 1.